The fourth-order valence-corrected chi connectivity index (χ4v) is 3.35. The van der Waals surface area contributed by atoms with Crippen molar-refractivity contribution < 1.29 is 28.6 Å². The maximum absolute atomic E-state index is 12.2. The van der Waals surface area contributed by atoms with E-state index in [9.17, 15) is 14.4 Å². The van der Waals surface area contributed by atoms with E-state index in [1.807, 2.05) is 13.0 Å². The van der Waals surface area contributed by atoms with Crippen LogP contribution in [0.25, 0.3) is 0 Å². The molecule has 0 saturated carbocycles. The summed E-state index contributed by atoms with van der Waals surface area (Å²) >= 11 is 1.27. The number of hydrogen-bond acceptors (Lipinski definition) is 8. The first-order chi connectivity index (χ1) is 14.4. The van der Waals surface area contributed by atoms with Gasteiger partial charge in [0, 0.05) is 4.88 Å². The van der Waals surface area contributed by atoms with Gasteiger partial charge in [0.15, 0.2) is 12.7 Å². The van der Waals surface area contributed by atoms with Crippen LogP contribution in [0.4, 0.5) is 5.00 Å². The molecule has 2 rings (SSSR count). The van der Waals surface area contributed by atoms with E-state index in [0.29, 0.717) is 22.7 Å². The quantitative estimate of drug-likeness (QED) is 0.607. The Morgan fingerprint density at radius 1 is 1.17 bits per heavy atom. The summed E-state index contributed by atoms with van der Waals surface area (Å²) in [5.41, 5.74) is 0.743. The first-order valence-electron chi connectivity index (χ1n) is 9.31. The first-order valence-corrected chi connectivity index (χ1v) is 10.1. The molecule has 1 aromatic heterocycles. The van der Waals surface area contributed by atoms with Crippen LogP contribution in [-0.4, -0.2) is 37.2 Å². The highest BCUT2D eigenvalue weighted by Gasteiger charge is 2.21. The minimum Gasteiger partial charge on any atom is -0.479 e. The number of nitrogens with zero attached hydrogens (tertiary/aromatic N) is 1. The Morgan fingerprint density at radius 2 is 1.87 bits per heavy atom. The molecule has 0 spiro atoms. The van der Waals surface area contributed by atoms with E-state index >= 15 is 0 Å². The molecule has 0 bridgehead atoms. The molecule has 1 unspecified atom stereocenters. The molecule has 1 aromatic carbocycles. The van der Waals surface area contributed by atoms with Crippen LogP contribution in [0.2, 0.25) is 0 Å². The molecule has 0 fully saturated rings. The van der Waals surface area contributed by atoms with Crippen LogP contribution < -0.4 is 10.1 Å². The van der Waals surface area contributed by atoms with Gasteiger partial charge in [-0.25, -0.2) is 9.59 Å². The Balaban J connectivity index is 1.90. The highest BCUT2D eigenvalue weighted by atomic mass is 32.1. The average molecular weight is 430 g/mol. The van der Waals surface area contributed by atoms with Crippen molar-refractivity contribution in [1.29, 1.82) is 5.26 Å². The zero-order valence-corrected chi connectivity index (χ0v) is 17.7. The maximum atomic E-state index is 12.2. The summed E-state index contributed by atoms with van der Waals surface area (Å²) in [4.78, 5) is 37.3. The minimum absolute atomic E-state index is 0.221. The van der Waals surface area contributed by atoms with Crippen LogP contribution in [0.3, 0.4) is 0 Å². The lowest BCUT2D eigenvalue weighted by Gasteiger charge is -2.14. The van der Waals surface area contributed by atoms with Gasteiger partial charge in [-0.15, -0.1) is 11.3 Å². The number of rotatable bonds is 9. The summed E-state index contributed by atoms with van der Waals surface area (Å²) in [5, 5.41) is 11.7. The van der Waals surface area contributed by atoms with Crippen molar-refractivity contribution in [3.8, 4) is 11.8 Å². The van der Waals surface area contributed by atoms with Crippen LogP contribution in [0.15, 0.2) is 30.3 Å². The number of amides is 1. The number of ether oxygens (including phenoxy) is 3. The molecule has 30 heavy (non-hydrogen) atoms. The topological polar surface area (TPSA) is 115 Å². The number of aryl methyl sites for hydroxylation is 1. The van der Waals surface area contributed by atoms with Crippen molar-refractivity contribution in [2.75, 3.05) is 18.5 Å². The van der Waals surface area contributed by atoms with E-state index in [0.717, 1.165) is 4.88 Å². The normalized spacial score (nSPS) is 11.1. The lowest BCUT2D eigenvalue weighted by atomic mass is 10.2. The van der Waals surface area contributed by atoms with E-state index in [2.05, 4.69) is 5.32 Å². The van der Waals surface area contributed by atoms with E-state index in [1.165, 1.54) is 18.3 Å². The fraction of sp³-hybridized carbons (Fsp3) is 0.333. The second-order valence-corrected chi connectivity index (χ2v) is 7.22. The highest BCUT2D eigenvalue weighted by Crippen LogP contribution is 2.29. The molecule has 0 radical (unpaired) electrons. The number of nitrogens with one attached hydrogen (secondary N) is 1. The molecular weight excluding hydrogens is 408 g/mol. The van der Waals surface area contributed by atoms with Crippen molar-refractivity contribution >= 4 is 34.2 Å². The number of anilines is 1. The van der Waals surface area contributed by atoms with Crippen molar-refractivity contribution in [1.82, 2.24) is 0 Å². The van der Waals surface area contributed by atoms with Crippen molar-refractivity contribution in [3.05, 3.63) is 46.3 Å². The molecule has 0 aliphatic heterocycles. The van der Waals surface area contributed by atoms with E-state index < -0.39 is 30.6 Å². The molecule has 9 heteroatoms. The smallest absolute Gasteiger partial charge is 0.347 e. The standard InChI is InChI=1S/C21H22N2O6S/c1-4-16-10-17(21(26)27-5-2)19(30-16)23-18(24)12-28-20(25)13(3)29-15-8-6-14(11-22)7-9-15/h6-10,13H,4-5,12H2,1-3H3,(H,23,24). The molecule has 1 heterocycles. The molecular formula is C21H22N2O6S. The summed E-state index contributed by atoms with van der Waals surface area (Å²) in [6.07, 6.45) is -0.249. The van der Waals surface area contributed by atoms with Gasteiger partial charge in [-0.2, -0.15) is 5.26 Å². The summed E-state index contributed by atoms with van der Waals surface area (Å²) in [7, 11) is 0. The number of esters is 2. The lowest BCUT2D eigenvalue weighted by Crippen LogP contribution is -2.29. The Morgan fingerprint density at radius 3 is 2.47 bits per heavy atom. The van der Waals surface area contributed by atoms with Crippen LogP contribution >= 0.6 is 11.3 Å². The third kappa shape index (κ3) is 6.32. The Bertz CT molecular complexity index is 945. The van der Waals surface area contributed by atoms with Gasteiger partial charge in [0.2, 0.25) is 0 Å². The lowest BCUT2D eigenvalue weighted by molar-refractivity contribution is -0.153. The van der Waals surface area contributed by atoms with Crippen LogP contribution in [0, 0.1) is 11.3 Å². The molecule has 8 nitrogen and oxygen atoms in total. The average Bonchev–Trinajstić information content (AvgIpc) is 3.15. The highest BCUT2D eigenvalue weighted by molar-refractivity contribution is 7.16. The SMILES string of the molecule is CCOC(=O)c1cc(CC)sc1NC(=O)COC(=O)C(C)Oc1ccc(C#N)cc1. The van der Waals surface area contributed by atoms with Gasteiger partial charge in [-0.3, -0.25) is 4.79 Å². The van der Waals surface area contributed by atoms with Crippen molar-refractivity contribution in [2.45, 2.75) is 33.3 Å². The molecule has 0 aliphatic rings. The number of carbonyl (C=O) groups is 3. The second kappa shape index (κ2) is 11.0. The molecule has 158 valence electrons. The van der Waals surface area contributed by atoms with Gasteiger partial charge in [-0.05, 0) is 50.6 Å². The molecule has 0 aliphatic carbocycles. The predicted octanol–water partition coefficient (Wildman–Crippen LogP) is 3.31. The minimum atomic E-state index is -0.950. The third-order valence-corrected chi connectivity index (χ3v) is 5.05. The maximum Gasteiger partial charge on any atom is 0.347 e. The molecule has 2 aromatic rings. The number of benzene rings is 1. The molecule has 1 atom stereocenters. The zero-order valence-electron chi connectivity index (χ0n) is 16.9. The summed E-state index contributed by atoms with van der Waals surface area (Å²) < 4.78 is 15.4. The summed E-state index contributed by atoms with van der Waals surface area (Å²) in [5.74, 6) is -1.43. The summed E-state index contributed by atoms with van der Waals surface area (Å²) in [6.45, 7) is 4.82. The van der Waals surface area contributed by atoms with Crippen molar-refractivity contribution in [3.63, 3.8) is 0 Å². The van der Waals surface area contributed by atoms with Gasteiger partial charge in [-0.1, -0.05) is 6.92 Å². The third-order valence-electron chi connectivity index (χ3n) is 3.85. The molecule has 1 amide bonds. The number of carbonyl (C=O) groups excluding carboxylic acids is 3. The van der Waals surface area contributed by atoms with Crippen LogP contribution in [0.5, 0.6) is 5.75 Å². The monoisotopic (exact) mass is 430 g/mol. The number of hydrogen-bond donors (Lipinski definition) is 1. The Hall–Kier alpha value is -3.38. The Kier molecular flexibility index (Phi) is 8.38. The summed E-state index contributed by atoms with van der Waals surface area (Å²) in [6, 6.07) is 9.92. The van der Waals surface area contributed by atoms with Gasteiger partial charge < -0.3 is 19.5 Å². The number of nitriles is 1. The van der Waals surface area contributed by atoms with Gasteiger partial charge in [0.1, 0.15) is 10.8 Å². The molecule has 0 saturated heterocycles. The fourth-order valence-electron chi connectivity index (χ4n) is 2.35. The zero-order chi connectivity index (χ0) is 22.1. The van der Waals surface area contributed by atoms with E-state index in [4.69, 9.17) is 19.5 Å². The largest absolute Gasteiger partial charge is 0.479 e. The van der Waals surface area contributed by atoms with E-state index in [-0.39, 0.29) is 12.2 Å². The van der Waals surface area contributed by atoms with Gasteiger partial charge >= 0.3 is 11.9 Å². The van der Waals surface area contributed by atoms with Crippen LogP contribution in [-0.2, 0) is 25.5 Å². The van der Waals surface area contributed by atoms with Gasteiger partial charge in [0.25, 0.3) is 5.91 Å². The molecule has 1 N–H and O–H groups in total. The van der Waals surface area contributed by atoms with E-state index in [1.54, 1.807) is 37.3 Å². The van der Waals surface area contributed by atoms with Crippen LogP contribution in [0.1, 0.15) is 41.6 Å². The van der Waals surface area contributed by atoms with Gasteiger partial charge in [0.05, 0.1) is 23.8 Å². The number of thiophene rings is 1. The predicted molar refractivity (Wildman–Crippen MR) is 110 cm³/mol. The Labute approximate surface area is 178 Å². The second-order valence-electron chi connectivity index (χ2n) is 6.08. The first kappa shape index (κ1) is 22.9. The van der Waals surface area contributed by atoms with Crippen molar-refractivity contribution in [2.24, 2.45) is 0 Å².